The van der Waals surface area contributed by atoms with Gasteiger partial charge in [0.25, 0.3) is 0 Å². The van der Waals surface area contributed by atoms with Gasteiger partial charge in [0.15, 0.2) is 0 Å². The molecule has 0 atom stereocenters. The third-order valence-electron chi connectivity index (χ3n) is 4.04. The molecule has 0 amide bonds. The Labute approximate surface area is 155 Å². The summed E-state index contributed by atoms with van der Waals surface area (Å²) in [4.78, 5) is 7.56. The van der Waals surface area contributed by atoms with Crippen LogP contribution in [-0.2, 0) is 5.54 Å². The van der Waals surface area contributed by atoms with Crippen LogP contribution in [0, 0.1) is 17.4 Å². The maximum atomic E-state index is 13.5. The molecule has 0 saturated heterocycles. The summed E-state index contributed by atoms with van der Waals surface area (Å²) >= 11 is 3.83. The Morgan fingerprint density at radius 2 is 1.96 bits per heavy atom. The van der Waals surface area contributed by atoms with E-state index in [4.69, 9.17) is 0 Å². The number of thiocarbonyl (C=S) groups is 1. The smallest absolute Gasteiger partial charge is 0.309 e. The predicted octanol–water partition coefficient (Wildman–Crippen LogP) is 3.62. The van der Waals surface area contributed by atoms with Crippen molar-refractivity contribution >= 4 is 23.9 Å². The first-order valence-electron chi connectivity index (χ1n) is 7.70. The molecule has 26 heavy (non-hydrogen) atoms. The standard InChI is InChI=1S/C17H13FN6.CH2S/c1-17(2)14-12(9-20-16(18)21-14)24-15(22-17)11(8-19)13(23-24)10-6-4-3-5-7-10;1-2/h3-7,9,22H,1-2H3;1H2. The molecule has 130 valence electrons. The first kappa shape index (κ1) is 17.6. The number of nitrogens with zero attached hydrogens (tertiary/aromatic N) is 5. The summed E-state index contributed by atoms with van der Waals surface area (Å²) in [6.45, 7) is 3.75. The van der Waals surface area contributed by atoms with Gasteiger partial charge >= 0.3 is 6.08 Å². The second-order valence-electron chi connectivity index (χ2n) is 6.08. The number of hydrogen-bond donors (Lipinski definition) is 1. The Balaban J connectivity index is 0.000000948. The predicted molar refractivity (Wildman–Crippen MR) is 101 cm³/mol. The molecule has 0 aliphatic carbocycles. The van der Waals surface area contributed by atoms with E-state index in [-0.39, 0.29) is 0 Å². The molecule has 1 aliphatic rings. The van der Waals surface area contributed by atoms with E-state index in [2.05, 4.69) is 44.5 Å². The zero-order valence-corrected chi connectivity index (χ0v) is 15.0. The van der Waals surface area contributed by atoms with Gasteiger partial charge in [-0.2, -0.15) is 14.8 Å². The number of fused-ring (bicyclic) bond motifs is 3. The Morgan fingerprint density at radius 1 is 1.27 bits per heavy atom. The number of hydrogen-bond acceptors (Lipinski definition) is 6. The van der Waals surface area contributed by atoms with Gasteiger partial charge in [-0.25, -0.2) is 14.6 Å². The van der Waals surface area contributed by atoms with Gasteiger partial charge in [0.2, 0.25) is 0 Å². The number of anilines is 1. The summed E-state index contributed by atoms with van der Waals surface area (Å²) in [6.07, 6.45) is 0.607. The molecule has 0 unspecified atom stereocenters. The van der Waals surface area contributed by atoms with Gasteiger partial charge in [0.05, 0.1) is 17.4 Å². The third-order valence-corrected chi connectivity index (χ3v) is 4.04. The molecule has 0 saturated carbocycles. The van der Waals surface area contributed by atoms with Crippen LogP contribution in [0.25, 0.3) is 16.9 Å². The molecule has 1 N–H and O–H groups in total. The Bertz CT molecular complexity index is 1010. The minimum absolute atomic E-state index is 0.434. The van der Waals surface area contributed by atoms with E-state index >= 15 is 0 Å². The van der Waals surface area contributed by atoms with E-state index in [0.29, 0.717) is 28.5 Å². The number of aromatic nitrogens is 4. The maximum Gasteiger partial charge on any atom is 0.309 e. The molecule has 0 fully saturated rings. The van der Waals surface area contributed by atoms with Gasteiger partial charge < -0.3 is 5.32 Å². The first-order chi connectivity index (χ1) is 12.5. The number of rotatable bonds is 1. The molecule has 0 bridgehead atoms. The van der Waals surface area contributed by atoms with Crippen LogP contribution in [-0.4, -0.2) is 25.6 Å². The third kappa shape index (κ3) is 2.72. The van der Waals surface area contributed by atoms with Gasteiger partial charge in [-0.1, -0.05) is 42.5 Å². The molecule has 3 aromatic rings. The molecule has 1 aromatic carbocycles. The van der Waals surface area contributed by atoms with Crippen LogP contribution in [0.15, 0.2) is 36.5 Å². The van der Waals surface area contributed by atoms with Crippen molar-refractivity contribution in [2.75, 3.05) is 5.32 Å². The second-order valence-corrected chi connectivity index (χ2v) is 6.08. The lowest BCUT2D eigenvalue weighted by molar-refractivity contribution is 0.487. The largest absolute Gasteiger partial charge is 0.358 e. The lowest BCUT2D eigenvalue weighted by Crippen LogP contribution is -2.36. The molecule has 6 nitrogen and oxygen atoms in total. The highest BCUT2D eigenvalue weighted by Crippen LogP contribution is 2.39. The second kappa shape index (κ2) is 6.61. The Morgan fingerprint density at radius 3 is 2.62 bits per heavy atom. The lowest BCUT2D eigenvalue weighted by atomic mass is 9.96. The molecule has 0 radical (unpaired) electrons. The summed E-state index contributed by atoms with van der Waals surface area (Å²) < 4.78 is 15.1. The van der Waals surface area contributed by atoms with Gasteiger partial charge in [0, 0.05) is 5.56 Å². The molecule has 8 heteroatoms. The molecular formula is C18H15FN6S. The molecular weight excluding hydrogens is 351 g/mol. The number of halogens is 1. The van der Waals surface area contributed by atoms with Crippen molar-refractivity contribution in [2.45, 2.75) is 19.4 Å². The normalized spacial score (nSPS) is 13.3. The van der Waals surface area contributed by atoms with Gasteiger partial charge in [-0.3, -0.25) is 0 Å². The summed E-state index contributed by atoms with van der Waals surface area (Å²) in [6, 6.07) is 11.7. The number of benzene rings is 1. The van der Waals surface area contributed by atoms with Crippen molar-refractivity contribution in [3.8, 4) is 23.0 Å². The molecule has 1 aliphatic heterocycles. The summed E-state index contributed by atoms with van der Waals surface area (Å²) in [5.74, 6) is 3.39. The quantitative estimate of drug-likeness (QED) is 0.523. The zero-order chi connectivity index (χ0) is 18.9. The van der Waals surface area contributed by atoms with Crippen molar-refractivity contribution in [2.24, 2.45) is 0 Å². The van der Waals surface area contributed by atoms with Crippen LogP contribution >= 0.6 is 12.2 Å². The van der Waals surface area contributed by atoms with E-state index in [1.54, 1.807) is 4.68 Å². The first-order valence-corrected chi connectivity index (χ1v) is 8.28. The van der Waals surface area contributed by atoms with Crippen LogP contribution < -0.4 is 5.32 Å². The highest BCUT2D eigenvalue weighted by atomic mass is 32.1. The Hall–Kier alpha value is -3.18. The molecule has 0 spiro atoms. The average molecular weight is 366 g/mol. The molecule has 2 aromatic heterocycles. The summed E-state index contributed by atoms with van der Waals surface area (Å²) in [5, 5.41) is 17.5. The van der Waals surface area contributed by atoms with Crippen LogP contribution in [0.1, 0.15) is 25.1 Å². The minimum Gasteiger partial charge on any atom is -0.358 e. The maximum absolute atomic E-state index is 13.5. The van der Waals surface area contributed by atoms with Crippen molar-refractivity contribution in [1.82, 2.24) is 19.7 Å². The molecule has 4 rings (SSSR count). The number of nitrogens with one attached hydrogen (secondary N) is 1. The fourth-order valence-electron chi connectivity index (χ4n) is 2.94. The van der Waals surface area contributed by atoms with Crippen LogP contribution in [0.3, 0.4) is 0 Å². The van der Waals surface area contributed by atoms with Gasteiger partial charge in [0.1, 0.15) is 28.8 Å². The van der Waals surface area contributed by atoms with Crippen molar-refractivity contribution in [3.05, 3.63) is 53.9 Å². The van der Waals surface area contributed by atoms with Gasteiger partial charge in [-0.15, -0.1) is 0 Å². The van der Waals surface area contributed by atoms with E-state index in [0.717, 1.165) is 5.56 Å². The van der Waals surface area contributed by atoms with Crippen LogP contribution in [0.5, 0.6) is 0 Å². The van der Waals surface area contributed by atoms with E-state index in [1.807, 2.05) is 44.2 Å². The topological polar surface area (TPSA) is 79.4 Å². The minimum atomic E-state index is -0.789. The van der Waals surface area contributed by atoms with Crippen molar-refractivity contribution < 1.29 is 4.39 Å². The van der Waals surface area contributed by atoms with Crippen LogP contribution in [0.4, 0.5) is 10.2 Å². The van der Waals surface area contributed by atoms with E-state index < -0.39 is 11.6 Å². The Kier molecular flexibility index (Phi) is 4.49. The van der Waals surface area contributed by atoms with E-state index in [1.165, 1.54) is 6.20 Å². The summed E-state index contributed by atoms with van der Waals surface area (Å²) in [7, 11) is 0. The SMILES string of the molecule is C=S.CC1(C)Nc2c(C#N)c(-c3ccccc3)nn2-c2cnc(F)nc21. The lowest BCUT2D eigenvalue weighted by Gasteiger charge is -2.33. The highest BCUT2D eigenvalue weighted by Gasteiger charge is 2.36. The highest BCUT2D eigenvalue weighted by molar-refractivity contribution is 7.77. The average Bonchev–Trinajstić information content (AvgIpc) is 3.02. The van der Waals surface area contributed by atoms with Crippen molar-refractivity contribution in [3.63, 3.8) is 0 Å². The monoisotopic (exact) mass is 366 g/mol. The molecule has 3 heterocycles. The number of nitriles is 1. The fourth-order valence-corrected chi connectivity index (χ4v) is 2.94. The van der Waals surface area contributed by atoms with Gasteiger partial charge in [-0.05, 0) is 19.7 Å². The fraction of sp³-hybridized carbons (Fsp3) is 0.167. The van der Waals surface area contributed by atoms with Crippen LogP contribution in [0.2, 0.25) is 0 Å². The van der Waals surface area contributed by atoms with E-state index in [9.17, 15) is 9.65 Å². The van der Waals surface area contributed by atoms with Crippen molar-refractivity contribution in [1.29, 1.82) is 5.26 Å². The summed E-state index contributed by atoms with van der Waals surface area (Å²) in [5.41, 5.74) is 2.23. The zero-order valence-electron chi connectivity index (χ0n) is 14.2.